The van der Waals surface area contributed by atoms with Crippen molar-refractivity contribution in [1.82, 2.24) is 4.98 Å². The van der Waals surface area contributed by atoms with Gasteiger partial charge in [-0.05, 0) is 35.7 Å². The summed E-state index contributed by atoms with van der Waals surface area (Å²) in [6.45, 7) is 0. The van der Waals surface area contributed by atoms with Crippen LogP contribution in [0.1, 0.15) is 33.9 Å². The van der Waals surface area contributed by atoms with Gasteiger partial charge in [-0.25, -0.2) is 0 Å². The predicted octanol–water partition coefficient (Wildman–Crippen LogP) is 7.25. The quantitative estimate of drug-likeness (QED) is 0.461. The van der Waals surface area contributed by atoms with Gasteiger partial charge < -0.3 is 5.11 Å². The predicted molar refractivity (Wildman–Crippen MR) is 121 cm³/mol. The van der Waals surface area contributed by atoms with Crippen LogP contribution < -0.4 is 0 Å². The molecule has 5 heteroatoms. The largest absolute Gasteiger partial charge is 0.507 e. The standard InChI is InChI=1S/C24H18Cl3NO/c25-17-7-4-6-16(11-17)21(12-18-13-22(26)23(27)14-28-18)20-10-9-15-5-2-1-3-8-19(15)24(20)29/h1-7,9-11,13-14,21,29H,8,12H2. The molecule has 1 heterocycles. The van der Waals surface area contributed by atoms with E-state index in [1.54, 1.807) is 12.3 Å². The molecule has 4 rings (SSSR count). The summed E-state index contributed by atoms with van der Waals surface area (Å²) in [6.07, 6.45) is 10.8. The molecular formula is C24H18Cl3NO. The van der Waals surface area contributed by atoms with Gasteiger partial charge >= 0.3 is 0 Å². The number of hydrogen-bond acceptors (Lipinski definition) is 2. The van der Waals surface area contributed by atoms with Crippen LogP contribution in [-0.4, -0.2) is 10.1 Å². The van der Waals surface area contributed by atoms with E-state index < -0.39 is 0 Å². The summed E-state index contributed by atoms with van der Waals surface area (Å²) in [5, 5.41) is 12.7. The van der Waals surface area contributed by atoms with Crippen LogP contribution in [0.2, 0.25) is 15.1 Å². The lowest BCUT2D eigenvalue weighted by Gasteiger charge is -2.22. The van der Waals surface area contributed by atoms with E-state index >= 15 is 0 Å². The minimum atomic E-state index is -0.139. The van der Waals surface area contributed by atoms with Crippen LogP contribution in [0, 0.1) is 0 Å². The molecule has 0 spiro atoms. The zero-order chi connectivity index (χ0) is 20.4. The van der Waals surface area contributed by atoms with E-state index in [-0.39, 0.29) is 5.92 Å². The Kier molecular flexibility index (Phi) is 5.96. The molecule has 0 bridgehead atoms. The number of benzene rings is 2. The second-order valence-electron chi connectivity index (χ2n) is 6.96. The fourth-order valence-electron chi connectivity index (χ4n) is 3.65. The maximum atomic E-state index is 11.2. The maximum Gasteiger partial charge on any atom is 0.123 e. The fourth-order valence-corrected chi connectivity index (χ4v) is 4.13. The number of aromatic hydroxyl groups is 1. The van der Waals surface area contributed by atoms with Gasteiger partial charge in [0.1, 0.15) is 5.75 Å². The van der Waals surface area contributed by atoms with Crippen molar-refractivity contribution in [3.8, 4) is 5.75 Å². The first-order valence-electron chi connectivity index (χ1n) is 9.26. The molecular weight excluding hydrogens is 425 g/mol. The molecule has 0 amide bonds. The molecule has 0 aliphatic heterocycles. The van der Waals surface area contributed by atoms with Crippen molar-refractivity contribution in [3.05, 3.63) is 110 Å². The highest BCUT2D eigenvalue weighted by Crippen LogP contribution is 2.39. The average Bonchev–Trinajstić information content (AvgIpc) is 2.96. The Morgan fingerprint density at radius 3 is 2.66 bits per heavy atom. The second kappa shape index (κ2) is 8.62. The normalized spacial score (nSPS) is 13.8. The monoisotopic (exact) mass is 441 g/mol. The van der Waals surface area contributed by atoms with Gasteiger partial charge in [-0.1, -0.05) is 83.4 Å². The van der Waals surface area contributed by atoms with E-state index in [0.717, 1.165) is 27.9 Å². The molecule has 1 N–H and O–H groups in total. The van der Waals surface area contributed by atoms with E-state index in [1.165, 1.54) is 0 Å². The zero-order valence-corrected chi connectivity index (χ0v) is 17.7. The Bertz CT molecular complexity index is 1120. The third kappa shape index (κ3) is 4.35. The summed E-state index contributed by atoms with van der Waals surface area (Å²) >= 11 is 18.5. The van der Waals surface area contributed by atoms with Gasteiger partial charge in [0.2, 0.25) is 0 Å². The SMILES string of the molecule is Oc1c(C(Cc2cc(Cl)c(Cl)cn2)c2cccc(Cl)c2)ccc2c1CC=CC=C2. The van der Waals surface area contributed by atoms with E-state index in [9.17, 15) is 5.11 Å². The van der Waals surface area contributed by atoms with Crippen LogP contribution >= 0.6 is 34.8 Å². The lowest BCUT2D eigenvalue weighted by Crippen LogP contribution is -2.08. The molecule has 1 unspecified atom stereocenters. The van der Waals surface area contributed by atoms with Gasteiger partial charge in [0.05, 0.1) is 10.0 Å². The van der Waals surface area contributed by atoms with Crippen molar-refractivity contribution in [2.75, 3.05) is 0 Å². The zero-order valence-electron chi connectivity index (χ0n) is 15.4. The van der Waals surface area contributed by atoms with E-state index in [4.69, 9.17) is 34.8 Å². The smallest absolute Gasteiger partial charge is 0.123 e. The number of allylic oxidation sites excluding steroid dienone is 3. The number of rotatable bonds is 4. The van der Waals surface area contributed by atoms with Gasteiger partial charge in [-0.2, -0.15) is 0 Å². The Labute approximate surface area is 185 Å². The van der Waals surface area contributed by atoms with Crippen LogP contribution in [0.4, 0.5) is 0 Å². The van der Waals surface area contributed by atoms with E-state index in [1.807, 2.05) is 60.7 Å². The number of aromatic nitrogens is 1. The molecule has 1 aliphatic carbocycles. The summed E-state index contributed by atoms with van der Waals surface area (Å²) in [4.78, 5) is 4.43. The Hall–Kier alpha value is -2.26. The molecule has 0 fully saturated rings. The Morgan fingerprint density at radius 1 is 1.00 bits per heavy atom. The highest BCUT2D eigenvalue weighted by molar-refractivity contribution is 6.41. The first kappa shape index (κ1) is 20.0. The molecule has 0 saturated carbocycles. The first-order valence-corrected chi connectivity index (χ1v) is 10.4. The van der Waals surface area contributed by atoms with Gasteiger partial charge in [-0.15, -0.1) is 0 Å². The number of hydrogen-bond donors (Lipinski definition) is 1. The van der Waals surface area contributed by atoms with Crippen LogP contribution in [-0.2, 0) is 12.8 Å². The number of phenolic OH excluding ortho intramolecular Hbond substituents is 1. The molecule has 3 aromatic rings. The molecule has 0 saturated heterocycles. The molecule has 1 aliphatic rings. The van der Waals surface area contributed by atoms with Crippen molar-refractivity contribution in [2.45, 2.75) is 18.8 Å². The second-order valence-corrected chi connectivity index (χ2v) is 8.21. The van der Waals surface area contributed by atoms with E-state index in [0.29, 0.717) is 33.7 Å². The van der Waals surface area contributed by atoms with Gasteiger partial charge in [0, 0.05) is 40.4 Å². The Balaban J connectivity index is 1.82. The number of halogens is 3. The fraction of sp³-hybridized carbons (Fsp3) is 0.125. The molecule has 146 valence electrons. The molecule has 2 nitrogen and oxygen atoms in total. The van der Waals surface area contributed by atoms with Crippen molar-refractivity contribution < 1.29 is 5.11 Å². The van der Waals surface area contributed by atoms with Crippen LogP contribution in [0.15, 0.2) is 66.9 Å². The molecule has 2 aromatic carbocycles. The number of phenols is 1. The molecule has 0 radical (unpaired) electrons. The van der Waals surface area contributed by atoms with Crippen molar-refractivity contribution in [2.24, 2.45) is 0 Å². The number of fused-ring (bicyclic) bond motifs is 1. The highest BCUT2D eigenvalue weighted by Gasteiger charge is 2.22. The van der Waals surface area contributed by atoms with Crippen LogP contribution in [0.5, 0.6) is 5.75 Å². The van der Waals surface area contributed by atoms with Crippen LogP contribution in [0.3, 0.4) is 0 Å². The van der Waals surface area contributed by atoms with Crippen LogP contribution in [0.25, 0.3) is 6.08 Å². The number of pyridine rings is 1. The summed E-state index contributed by atoms with van der Waals surface area (Å²) in [7, 11) is 0. The van der Waals surface area contributed by atoms with Gasteiger partial charge in [0.15, 0.2) is 0 Å². The highest BCUT2D eigenvalue weighted by atomic mass is 35.5. The van der Waals surface area contributed by atoms with Crippen molar-refractivity contribution in [1.29, 1.82) is 0 Å². The molecule has 29 heavy (non-hydrogen) atoms. The first-order chi connectivity index (χ1) is 14.0. The third-order valence-corrected chi connectivity index (χ3v) is 6.05. The molecule has 1 atom stereocenters. The van der Waals surface area contributed by atoms with E-state index in [2.05, 4.69) is 4.98 Å². The maximum absolute atomic E-state index is 11.2. The van der Waals surface area contributed by atoms with Gasteiger partial charge in [0.25, 0.3) is 0 Å². The minimum Gasteiger partial charge on any atom is -0.507 e. The summed E-state index contributed by atoms with van der Waals surface area (Å²) < 4.78 is 0. The summed E-state index contributed by atoms with van der Waals surface area (Å²) in [6, 6.07) is 13.5. The minimum absolute atomic E-state index is 0.139. The summed E-state index contributed by atoms with van der Waals surface area (Å²) in [5.41, 5.74) is 4.57. The topological polar surface area (TPSA) is 33.1 Å². The summed E-state index contributed by atoms with van der Waals surface area (Å²) in [5.74, 6) is 0.170. The third-order valence-electron chi connectivity index (χ3n) is 5.10. The lowest BCUT2D eigenvalue weighted by molar-refractivity contribution is 0.458. The molecule has 1 aromatic heterocycles. The average molecular weight is 443 g/mol. The van der Waals surface area contributed by atoms with Crippen molar-refractivity contribution in [3.63, 3.8) is 0 Å². The lowest BCUT2D eigenvalue weighted by atomic mass is 9.84. The van der Waals surface area contributed by atoms with Gasteiger partial charge in [-0.3, -0.25) is 4.98 Å². The van der Waals surface area contributed by atoms with Crippen molar-refractivity contribution >= 4 is 40.9 Å². The Morgan fingerprint density at radius 2 is 1.86 bits per heavy atom. The number of nitrogens with zero attached hydrogens (tertiary/aromatic N) is 1.